The molecule has 0 fully saturated rings. The Morgan fingerprint density at radius 2 is 2.10 bits per heavy atom. The third-order valence-electron chi connectivity index (χ3n) is 5.22. The van der Waals surface area contributed by atoms with Crippen LogP contribution in [-0.2, 0) is 17.8 Å². The summed E-state index contributed by atoms with van der Waals surface area (Å²) in [4.78, 5) is 20.6. The highest BCUT2D eigenvalue weighted by Gasteiger charge is 2.28. The average Bonchev–Trinajstić information content (AvgIpc) is 3.10. The average molecular weight is 431 g/mol. The summed E-state index contributed by atoms with van der Waals surface area (Å²) in [5.74, 6) is 2.09. The summed E-state index contributed by atoms with van der Waals surface area (Å²) >= 11 is 3.23. The third kappa shape index (κ3) is 3.83. The van der Waals surface area contributed by atoms with Crippen molar-refractivity contribution in [2.45, 2.75) is 51.5 Å². The minimum atomic E-state index is 0.0145. The fraction of sp³-hybridized carbons (Fsp3) is 0.455. The Hall–Kier alpha value is -1.83. The van der Waals surface area contributed by atoms with Crippen LogP contribution in [0.2, 0.25) is 0 Å². The molecule has 0 N–H and O–H groups in total. The van der Waals surface area contributed by atoms with Crippen molar-refractivity contribution in [2.24, 2.45) is 5.92 Å². The van der Waals surface area contributed by atoms with Gasteiger partial charge in [-0.05, 0) is 42.2 Å². The third-order valence-corrected chi connectivity index (χ3v) is 7.46. The van der Waals surface area contributed by atoms with E-state index in [4.69, 9.17) is 14.5 Å². The normalized spacial score (nSPS) is 16.4. The van der Waals surface area contributed by atoms with E-state index in [0.717, 1.165) is 55.8 Å². The van der Waals surface area contributed by atoms with Crippen LogP contribution in [0.25, 0.3) is 15.9 Å². The van der Waals surface area contributed by atoms with Crippen LogP contribution in [0.15, 0.2) is 34.2 Å². The molecule has 1 aliphatic rings. The molecular formula is C22H26N2O3S2. The number of nitrogens with zero attached hydrogens (tertiary/aromatic N) is 2. The Bertz CT molecular complexity index is 1070. The highest BCUT2D eigenvalue weighted by atomic mass is 32.2. The maximum absolute atomic E-state index is 13.7. The molecule has 3 heterocycles. The van der Waals surface area contributed by atoms with Crippen LogP contribution in [0.4, 0.5) is 0 Å². The fourth-order valence-electron chi connectivity index (χ4n) is 3.59. The van der Waals surface area contributed by atoms with Gasteiger partial charge in [-0.25, -0.2) is 4.98 Å². The van der Waals surface area contributed by atoms with Gasteiger partial charge in [-0.15, -0.1) is 11.3 Å². The molecule has 4 rings (SSSR count). The van der Waals surface area contributed by atoms with E-state index in [1.54, 1.807) is 34.8 Å². The van der Waals surface area contributed by atoms with Gasteiger partial charge < -0.3 is 9.47 Å². The Balaban J connectivity index is 1.91. The standard InChI is InChI=1S/C22H26N2O3S2/c1-5-10-28-22-23-20-19(16-11-17(13(2)3)27-12-18(16)29-20)21(25)24(22)14-6-8-15(26-4)9-7-14/h6-9,13,17H,5,10-12H2,1-4H3. The molecule has 2 aromatic heterocycles. The van der Waals surface area contributed by atoms with Crippen molar-refractivity contribution in [3.63, 3.8) is 0 Å². The van der Waals surface area contributed by atoms with Crippen LogP contribution in [0.1, 0.15) is 37.6 Å². The Morgan fingerprint density at radius 3 is 2.76 bits per heavy atom. The number of hydrogen-bond donors (Lipinski definition) is 0. The van der Waals surface area contributed by atoms with Crippen molar-refractivity contribution in [3.8, 4) is 11.4 Å². The van der Waals surface area contributed by atoms with Crippen LogP contribution in [0.5, 0.6) is 5.75 Å². The molecule has 0 saturated heterocycles. The lowest BCUT2D eigenvalue weighted by Gasteiger charge is -2.26. The highest BCUT2D eigenvalue weighted by molar-refractivity contribution is 7.99. The second-order valence-corrected chi connectivity index (χ2v) is 9.71. The van der Waals surface area contributed by atoms with Gasteiger partial charge in [0.25, 0.3) is 5.56 Å². The number of ether oxygens (including phenoxy) is 2. The van der Waals surface area contributed by atoms with Crippen molar-refractivity contribution in [1.82, 2.24) is 9.55 Å². The molecule has 1 aromatic carbocycles. The highest BCUT2D eigenvalue weighted by Crippen LogP contribution is 2.36. The zero-order valence-corrected chi connectivity index (χ0v) is 18.9. The molecule has 7 heteroatoms. The first-order valence-corrected chi connectivity index (χ1v) is 11.8. The largest absolute Gasteiger partial charge is 0.497 e. The van der Waals surface area contributed by atoms with Gasteiger partial charge in [-0.2, -0.15) is 0 Å². The molecule has 1 aliphatic heterocycles. The fourth-order valence-corrected chi connectivity index (χ4v) is 5.62. The second-order valence-electron chi connectivity index (χ2n) is 7.56. The van der Waals surface area contributed by atoms with E-state index in [1.807, 2.05) is 24.3 Å². The van der Waals surface area contributed by atoms with E-state index in [2.05, 4.69) is 20.8 Å². The number of aromatic nitrogens is 2. The minimum absolute atomic E-state index is 0.0145. The number of methoxy groups -OCH3 is 1. The first-order valence-electron chi connectivity index (χ1n) is 9.99. The molecule has 3 aromatic rings. The number of fused-ring (bicyclic) bond motifs is 3. The van der Waals surface area contributed by atoms with Gasteiger partial charge in [0, 0.05) is 17.1 Å². The molecule has 1 atom stereocenters. The van der Waals surface area contributed by atoms with E-state index < -0.39 is 0 Å². The molecule has 29 heavy (non-hydrogen) atoms. The van der Waals surface area contributed by atoms with Crippen molar-refractivity contribution in [2.75, 3.05) is 12.9 Å². The summed E-state index contributed by atoms with van der Waals surface area (Å²) in [6.07, 6.45) is 1.93. The molecule has 0 spiro atoms. The van der Waals surface area contributed by atoms with Gasteiger partial charge in [0.1, 0.15) is 10.6 Å². The Labute approximate surface area is 179 Å². The van der Waals surface area contributed by atoms with Crippen molar-refractivity contribution in [1.29, 1.82) is 0 Å². The summed E-state index contributed by atoms with van der Waals surface area (Å²) in [6.45, 7) is 7.03. The first kappa shape index (κ1) is 20.4. The van der Waals surface area contributed by atoms with Gasteiger partial charge in [0.2, 0.25) is 0 Å². The lowest BCUT2D eigenvalue weighted by atomic mass is 9.96. The molecule has 0 bridgehead atoms. The van der Waals surface area contributed by atoms with Crippen molar-refractivity contribution < 1.29 is 9.47 Å². The topological polar surface area (TPSA) is 53.4 Å². The summed E-state index contributed by atoms with van der Waals surface area (Å²) in [5, 5.41) is 1.50. The molecule has 0 aliphatic carbocycles. The SMILES string of the molecule is CCCSc1nc2sc3c(c2c(=O)n1-c1ccc(OC)cc1)CC(C(C)C)OC3. The molecule has 154 valence electrons. The number of rotatable bonds is 6. The Kier molecular flexibility index (Phi) is 5.99. The predicted molar refractivity (Wildman–Crippen MR) is 120 cm³/mol. The monoisotopic (exact) mass is 430 g/mol. The zero-order chi connectivity index (χ0) is 20.5. The van der Waals surface area contributed by atoms with Gasteiger partial charge >= 0.3 is 0 Å². The lowest BCUT2D eigenvalue weighted by Crippen LogP contribution is -2.28. The maximum atomic E-state index is 13.7. The first-order chi connectivity index (χ1) is 14.0. The molecule has 5 nitrogen and oxygen atoms in total. The predicted octanol–water partition coefficient (Wildman–Crippen LogP) is 5.06. The second kappa shape index (κ2) is 8.50. The van der Waals surface area contributed by atoms with Crippen LogP contribution < -0.4 is 10.3 Å². The van der Waals surface area contributed by atoms with E-state index >= 15 is 0 Å². The van der Waals surface area contributed by atoms with Crippen LogP contribution in [0, 0.1) is 5.92 Å². The van der Waals surface area contributed by atoms with Gasteiger partial charge in [0.15, 0.2) is 5.16 Å². The molecular weight excluding hydrogens is 404 g/mol. The summed E-state index contributed by atoms with van der Waals surface area (Å²) < 4.78 is 13.1. The summed E-state index contributed by atoms with van der Waals surface area (Å²) in [5.41, 5.74) is 1.96. The minimum Gasteiger partial charge on any atom is -0.497 e. The van der Waals surface area contributed by atoms with Crippen molar-refractivity contribution in [3.05, 3.63) is 45.1 Å². The van der Waals surface area contributed by atoms with E-state index in [1.165, 1.54) is 0 Å². The van der Waals surface area contributed by atoms with Crippen molar-refractivity contribution >= 4 is 33.3 Å². The van der Waals surface area contributed by atoms with E-state index in [-0.39, 0.29) is 11.7 Å². The van der Waals surface area contributed by atoms with Crippen LogP contribution in [0.3, 0.4) is 0 Å². The summed E-state index contributed by atoms with van der Waals surface area (Å²) in [6, 6.07) is 7.60. The molecule has 0 amide bonds. The van der Waals surface area contributed by atoms with Crippen LogP contribution in [-0.4, -0.2) is 28.5 Å². The number of hydrogen-bond acceptors (Lipinski definition) is 6. The van der Waals surface area contributed by atoms with Gasteiger partial charge in [0.05, 0.1) is 30.9 Å². The van der Waals surface area contributed by atoms with E-state index in [0.29, 0.717) is 12.5 Å². The lowest BCUT2D eigenvalue weighted by molar-refractivity contribution is 0.00200. The number of thiophene rings is 1. The number of benzene rings is 1. The van der Waals surface area contributed by atoms with Crippen LogP contribution >= 0.6 is 23.1 Å². The zero-order valence-electron chi connectivity index (χ0n) is 17.2. The van der Waals surface area contributed by atoms with E-state index in [9.17, 15) is 4.79 Å². The van der Waals surface area contributed by atoms with Gasteiger partial charge in [-0.3, -0.25) is 9.36 Å². The van der Waals surface area contributed by atoms with Gasteiger partial charge in [-0.1, -0.05) is 32.5 Å². The molecule has 1 unspecified atom stereocenters. The quantitative estimate of drug-likeness (QED) is 0.404. The molecule has 0 radical (unpaired) electrons. The number of thioether (sulfide) groups is 1. The molecule has 0 saturated carbocycles. The summed E-state index contributed by atoms with van der Waals surface area (Å²) in [7, 11) is 1.64. The smallest absolute Gasteiger partial charge is 0.267 e. The maximum Gasteiger partial charge on any atom is 0.267 e. The Morgan fingerprint density at radius 1 is 1.34 bits per heavy atom.